The smallest absolute Gasteiger partial charge is 0.311 e. The molecule has 0 bridgehead atoms. The van der Waals surface area contributed by atoms with Gasteiger partial charge in [-0.25, -0.2) is 9.78 Å². The van der Waals surface area contributed by atoms with Crippen molar-refractivity contribution in [2.24, 2.45) is 0 Å². The fraction of sp³-hybridized carbons (Fsp3) is 0.444. The Kier molecular flexibility index (Phi) is 1.82. The normalized spacial score (nSPS) is 12.2. The molecular weight excluding hydrogens is 196 g/mol. The molecular formula is C9H12N4O2. The molecule has 0 radical (unpaired) electrons. The number of hydrogen-bond acceptors (Lipinski definition) is 3. The Labute approximate surface area is 85.0 Å². The summed E-state index contributed by atoms with van der Waals surface area (Å²) in [5.41, 5.74) is -0.452. The molecule has 2 N–H and O–H groups in total. The van der Waals surface area contributed by atoms with Crippen LogP contribution in [0.4, 0.5) is 0 Å². The Morgan fingerprint density at radius 1 is 1.33 bits per heavy atom. The van der Waals surface area contributed by atoms with Crippen LogP contribution in [0.25, 0.3) is 11.2 Å². The van der Waals surface area contributed by atoms with Gasteiger partial charge in [0.2, 0.25) is 0 Å². The second kappa shape index (κ2) is 2.82. The molecule has 0 aliphatic rings. The van der Waals surface area contributed by atoms with E-state index < -0.39 is 5.54 Å². The number of hydrogen-bond donors (Lipinski definition) is 2. The molecule has 0 saturated heterocycles. The van der Waals surface area contributed by atoms with Gasteiger partial charge in [-0.1, -0.05) is 0 Å². The molecule has 0 aliphatic carbocycles. The second-order valence-electron chi connectivity index (χ2n) is 4.37. The van der Waals surface area contributed by atoms with Crippen molar-refractivity contribution in [2.75, 3.05) is 0 Å². The largest absolute Gasteiger partial charge is 0.328 e. The predicted octanol–water partition coefficient (Wildman–Crippen LogP) is 0.168. The lowest BCUT2D eigenvalue weighted by atomic mass is 10.1. The standard InChI is InChI=1S/C9H12N4O2/c1-9(2,3)13-6-5(12-8(13)15)7(14)11-4-10-6/h4H,1-3H3,(H,12,15)(H,10,11,14). The maximum absolute atomic E-state index is 11.7. The molecule has 2 rings (SSSR count). The van der Waals surface area contributed by atoms with E-state index in [4.69, 9.17) is 0 Å². The van der Waals surface area contributed by atoms with Crippen LogP contribution >= 0.6 is 0 Å². The highest BCUT2D eigenvalue weighted by Gasteiger charge is 2.21. The topological polar surface area (TPSA) is 83.5 Å². The van der Waals surface area contributed by atoms with Crippen LogP contribution < -0.4 is 11.2 Å². The van der Waals surface area contributed by atoms with Gasteiger partial charge in [0.25, 0.3) is 5.56 Å². The number of rotatable bonds is 0. The van der Waals surface area contributed by atoms with E-state index >= 15 is 0 Å². The summed E-state index contributed by atoms with van der Waals surface area (Å²) in [7, 11) is 0. The molecule has 2 aromatic rings. The van der Waals surface area contributed by atoms with E-state index in [0.717, 1.165) is 0 Å². The SMILES string of the molecule is CC(C)(C)n1c(=O)[nH]c2c(=O)[nH]cnc21. The zero-order chi connectivity index (χ0) is 11.2. The van der Waals surface area contributed by atoms with Gasteiger partial charge in [-0.3, -0.25) is 14.3 Å². The molecule has 0 saturated carbocycles. The summed E-state index contributed by atoms with van der Waals surface area (Å²) in [6, 6.07) is 0. The Bertz CT molecular complexity index is 611. The van der Waals surface area contributed by atoms with Crippen LogP contribution in [-0.4, -0.2) is 19.5 Å². The van der Waals surface area contributed by atoms with Crippen LogP contribution in [-0.2, 0) is 5.54 Å². The van der Waals surface area contributed by atoms with Gasteiger partial charge in [-0.15, -0.1) is 0 Å². The van der Waals surface area contributed by atoms with Crippen molar-refractivity contribution in [2.45, 2.75) is 26.3 Å². The maximum atomic E-state index is 11.7. The van der Waals surface area contributed by atoms with Crippen LogP contribution in [0.3, 0.4) is 0 Å². The fourth-order valence-corrected chi connectivity index (χ4v) is 1.55. The number of aromatic amines is 2. The lowest BCUT2D eigenvalue weighted by Crippen LogP contribution is -2.32. The minimum atomic E-state index is -0.407. The first-order valence-corrected chi connectivity index (χ1v) is 4.60. The Hall–Kier alpha value is -1.85. The number of nitrogens with zero attached hydrogens (tertiary/aromatic N) is 2. The van der Waals surface area contributed by atoms with Crippen LogP contribution in [0.5, 0.6) is 0 Å². The molecule has 0 amide bonds. The van der Waals surface area contributed by atoms with Gasteiger partial charge >= 0.3 is 5.69 Å². The predicted molar refractivity (Wildman–Crippen MR) is 56.0 cm³/mol. The van der Waals surface area contributed by atoms with E-state index in [1.165, 1.54) is 10.9 Å². The second-order valence-corrected chi connectivity index (χ2v) is 4.37. The lowest BCUT2D eigenvalue weighted by molar-refractivity contribution is 0.395. The minimum absolute atomic E-state index is 0.220. The van der Waals surface area contributed by atoms with Crippen molar-refractivity contribution in [3.63, 3.8) is 0 Å². The van der Waals surface area contributed by atoms with Crippen molar-refractivity contribution in [1.29, 1.82) is 0 Å². The number of H-pyrrole nitrogens is 2. The van der Waals surface area contributed by atoms with Gasteiger partial charge in [0.05, 0.1) is 6.33 Å². The first kappa shape index (κ1) is 9.70. The van der Waals surface area contributed by atoms with Gasteiger partial charge in [-0.05, 0) is 20.8 Å². The summed E-state index contributed by atoms with van der Waals surface area (Å²) in [6.07, 6.45) is 1.29. The average molecular weight is 208 g/mol. The summed E-state index contributed by atoms with van der Waals surface area (Å²) in [5.74, 6) is 0. The number of nitrogens with one attached hydrogen (secondary N) is 2. The zero-order valence-corrected chi connectivity index (χ0v) is 8.79. The fourth-order valence-electron chi connectivity index (χ4n) is 1.55. The summed E-state index contributed by atoms with van der Waals surface area (Å²) in [5, 5.41) is 0. The molecule has 6 heteroatoms. The summed E-state index contributed by atoms with van der Waals surface area (Å²) in [4.78, 5) is 32.0. The molecule has 2 heterocycles. The van der Waals surface area contributed by atoms with E-state index in [9.17, 15) is 9.59 Å². The van der Waals surface area contributed by atoms with Crippen molar-refractivity contribution in [1.82, 2.24) is 19.5 Å². The van der Waals surface area contributed by atoms with Crippen molar-refractivity contribution < 1.29 is 0 Å². The molecule has 0 aromatic carbocycles. The third kappa shape index (κ3) is 1.38. The molecule has 80 valence electrons. The third-order valence-electron chi connectivity index (χ3n) is 2.15. The van der Waals surface area contributed by atoms with Gasteiger partial charge < -0.3 is 4.98 Å². The lowest BCUT2D eigenvalue weighted by Gasteiger charge is -2.19. The number of aromatic nitrogens is 4. The summed E-state index contributed by atoms with van der Waals surface area (Å²) in [6.45, 7) is 5.64. The summed E-state index contributed by atoms with van der Waals surface area (Å²) < 4.78 is 1.47. The molecule has 0 fully saturated rings. The molecule has 0 spiro atoms. The van der Waals surface area contributed by atoms with Crippen LogP contribution in [0.15, 0.2) is 15.9 Å². The van der Waals surface area contributed by atoms with Crippen molar-refractivity contribution >= 4 is 11.2 Å². The molecule has 6 nitrogen and oxygen atoms in total. The average Bonchev–Trinajstić information content (AvgIpc) is 2.41. The third-order valence-corrected chi connectivity index (χ3v) is 2.15. The first-order chi connectivity index (χ1) is 6.91. The van der Waals surface area contributed by atoms with Crippen LogP contribution in [0.2, 0.25) is 0 Å². The number of imidazole rings is 1. The van der Waals surface area contributed by atoms with Crippen LogP contribution in [0.1, 0.15) is 20.8 Å². The Balaban J connectivity index is 2.99. The molecule has 15 heavy (non-hydrogen) atoms. The first-order valence-electron chi connectivity index (χ1n) is 4.60. The van der Waals surface area contributed by atoms with E-state index in [2.05, 4.69) is 15.0 Å². The molecule has 0 unspecified atom stereocenters. The molecule has 2 aromatic heterocycles. The number of fused-ring (bicyclic) bond motifs is 1. The van der Waals surface area contributed by atoms with E-state index in [0.29, 0.717) is 5.65 Å². The highest BCUT2D eigenvalue weighted by molar-refractivity contribution is 5.69. The molecule has 0 atom stereocenters. The monoisotopic (exact) mass is 208 g/mol. The van der Waals surface area contributed by atoms with Gasteiger partial charge in [0.1, 0.15) is 0 Å². The summed E-state index contributed by atoms with van der Waals surface area (Å²) >= 11 is 0. The van der Waals surface area contributed by atoms with E-state index in [1.54, 1.807) is 0 Å². The zero-order valence-electron chi connectivity index (χ0n) is 8.79. The minimum Gasteiger partial charge on any atom is -0.311 e. The molecule has 0 aliphatic heterocycles. The highest BCUT2D eigenvalue weighted by Crippen LogP contribution is 2.14. The maximum Gasteiger partial charge on any atom is 0.328 e. The Morgan fingerprint density at radius 3 is 2.60 bits per heavy atom. The van der Waals surface area contributed by atoms with Crippen molar-refractivity contribution in [3.8, 4) is 0 Å². The van der Waals surface area contributed by atoms with Gasteiger partial charge in [0, 0.05) is 5.54 Å². The van der Waals surface area contributed by atoms with Gasteiger partial charge in [-0.2, -0.15) is 0 Å². The van der Waals surface area contributed by atoms with E-state index in [1.807, 2.05) is 20.8 Å². The quantitative estimate of drug-likeness (QED) is 0.647. The van der Waals surface area contributed by atoms with Crippen LogP contribution in [0, 0.1) is 0 Å². The van der Waals surface area contributed by atoms with Crippen molar-refractivity contribution in [3.05, 3.63) is 27.2 Å². The van der Waals surface area contributed by atoms with E-state index in [-0.39, 0.29) is 16.8 Å². The highest BCUT2D eigenvalue weighted by atomic mass is 16.2. The Morgan fingerprint density at radius 2 is 2.00 bits per heavy atom. The van der Waals surface area contributed by atoms with Gasteiger partial charge in [0.15, 0.2) is 11.2 Å².